The van der Waals surface area contributed by atoms with Crippen LogP contribution in [0.25, 0.3) is 0 Å². The fourth-order valence-corrected chi connectivity index (χ4v) is 2.34. The molecular formula is C9H14N2O2S. The molecule has 2 N–H and O–H groups in total. The highest BCUT2D eigenvalue weighted by molar-refractivity contribution is 7.06. The van der Waals surface area contributed by atoms with Crippen LogP contribution < -0.4 is 10.5 Å². The average Bonchev–Trinajstić information content (AvgIpc) is 2.88. The van der Waals surface area contributed by atoms with Gasteiger partial charge in [0.05, 0.1) is 19.3 Å². The third-order valence-corrected chi connectivity index (χ3v) is 3.28. The second-order valence-corrected chi connectivity index (χ2v) is 4.19. The lowest BCUT2D eigenvalue weighted by atomic mass is 10.1. The second kappa shape index (κ2) is 4.25. The summed E-state index contributed by atoms with van der Waals surface area (Å²) in [5.74, 6) is 0.637. The van der Waals surface area contributed by atoms with Crippen LogP contribution in [0.15, 0.2) is 6.07 Å². The van der Waals surface area contributed by atoms with Crippen LogP contribution in [-0.4, -0.2) is 24.2 Å². The third kappa shape index (κ3) is 1.89. The lowest BCUT2D eigenvalue weighted by molar-refractivity contribution is 0.0909. The van der Waals surface area contributed by atoms with Gasteiger partial charge in [0.25, 0.3) is 0 Å². The number of hydrogen-bond donors (Lipinski definition) is 1. The van der Waals surface area contributed by atoms with E-state index in [2.05, 4.69) is 4.37 Å². The van der Waals surface area contributed by atoms with Crippen molar-refractivity contribution in [2.45, 2.75) is 25.0 Å². The van der Waals surface area contributed by atoms with Gasteiger partial charge in [-0.2, -0.15) is 4.37 Å². The minimum Gasteiger partial charge on any atom is -0.480 e. The predicted molar refractivity (Wildman–Crippen MR) is 54.6 cm³/mol. The van der Waals surface area contributed by atoms with Gasteiger partial charge in [0.2, 0.25) is 5.88 Å². The lowest BCUT2D eigenvalue weighted by Gasteiger charge is -2.15. The Labute approximate surface area is 87.2 Å². The molecule has 0 aliphatic carbocycles. The van der Waals surface area contributed by atoms with Crippen molar-refractivity contribution in [3.8, 4) is 5.88 Å². The minimum atomic E-state index is -0.0566. The fourth-order valence-electron chi connectivity index (χ4n) is 1.59. The number of ether oxygens (including phenoxy) is 2. The molecule has 14 heavy (non-hydrogen) atoms. The first-order chi connectivity index (χ1) is 6.81. The van der Waals surface area contributed by atoms with Crippen LogP contribution in [0.5, 0.6) is 5.88 Å². The average molecular weight is 214 g/mol. The smallest absolute Gasteiger partial charge is 0.225 e. The maximum atomic E-state index is 6.06. The zero-order valence-corrected chi connectivity index (χ0v) is 8.92. The van der Waals surface area contributed by atoms with E-state index < -0.39 is 0 Å². The van der Waals surface area contributed by atoms with Gasteiger partial charge >= 0.3 is 0 Å². The molecule has 2 unspecified atom stereocenters. The first-order valence-corrected chi connectivity index (χ1v) is 5.46. The van der Waals surface area contributed by atoms with Crippen molar-refractivity contribution >= 4 is 11.5 Å². The van der Waals surface area contributed by atoms with E-state index in [1.165, 1.54) is 11.5 Å². The molecule has 1 aliphatic rings. The Kier molecular flexibility index (Phi) is 3.00. The summed E-state index contributed by atoms with van der Waals surface area (Å²) in [7, 11) is 1.61. The van der Waals surface area contributed by atoms with Gasteiger partial charge in [-0.1, -0.05) is 0 Å². The summed E-state index contributed by atoms with van der Waals surface area (Å²) in [5.41, 5.74) is 6.06. The monoisotopic (exact) mass is 214 g/mol. The van der Waals surface area contributed by atoms with Crippen molar-refractivity contribution in [2.75, 3.05) is 13.7 Å². The molecule has 0 radical (unpaired) electrons. The maximum absolute atomic E-state index is 6.06. The largest absolute Gasteiger partial charge is 0.480 e. The van der Waals surface area contributed by atoms with Crippen LogP contribution in [0.3, 0.4) is 0 Å². The number of hydrogen-bond acceptors (Lipinski definition) is 5. The third-order valence-electron chi connectivity index (χ3n) is 2.41. The minimum absolute atomic E-state index is 0.0566. The Bertz CT molecular complexity index is 297. The van der Waals surface area contributed by atoms with Crippen LogP contribution in [0.2, 0.25) is 0 Å². The SMILES string of the molecule is COc1cc(C(N)C2CCCO2)sn1. The lowest BCUT2D eigenvalue weighted by Crippen LogP contribution is -2.24. The van der Waals surface area contributed by atoms with E-state index in [4.69, 9.17) is 15.2 Å². The summed E-state index contributed by atoms with van der Waals surface area (Å²) in [6.45, 7) is 0.828. The molecule has 2 atom stereocenters. The van der Waals surface area contributed by atoms with E-state index in [9.17, 15) is 0 Å². The number of rotatable bonds is 3. The van der Waals surface area contributed by atoms with E-state index >= 15 is 0 Å². The molecule has 1 aromatic rings. The summed E-state index contributed by atoms with van der Waals surface area (Å²) in [6, 6.07) is 1.83. The molecular weight excluding hydrogens is 200 g/mol. The van der Waals surface area contributed by atoms with E-state index in [0.29, 0.717) is 5.88 Å². The first kappa shape index (κ1) is 9.89. The van der Waals surface area contributed by atoms with Gasteiger partial charge < -0.3 is 15.2 Å². The van der Waals surface area contributed by atoms with Gasteiger partial charge in [-0.05, 0) is 24.4 Å². The molecule has 0 saturated carbocycles. The van der Waals surface area contributed by atoms with Crippen molar-refractivity contribution in [1.82, 2.24) is 4.37 Å². The number of nitrogens with zero attached hydrogens (tertiary/aromatic N) is 1. The van der Waals surface area contributed by atoms with E-state index in [1.807, 2.05) is 6.07 Å². The van der Waals surface area contributed by atoms with Gasteiger partial charge in [0.1, 0.15) is 0 Å². The zero-order valence-electron chi connectivity index (χ0n) is 8.10. The van der Waals surface area contributed by atoms with Crippen LogP contribution in [0.4, 0.5) is 0 Å². The van der Waals surface area contributed by atoms with E-state index in [0.717, 1.165) is 24.3 Å². The topological polar surface area (TPSA) is 57.4 Å². The molecule has 78 valence electrons. The van der Waals surface area contributed by atoms with Gasteiger partial charge in [0.15, 0.2) is 0 Å². The summed E-state index contributed by atoms with van der Waals surface area (Å²) >= 11 is 1.39. The van der Waals surface area contributed by atoms with Crippen LogP contribution in [0.1, 0.15) is 23.8 Å². The van der Waals surface area contributed by atoms with Gasteiger partial charge in [-0.15, -0.1) is 0 Å². The molecule has 0 spiro atoms. The molecule has 0 bridgehead atoms. The van der Waals surface area contributed by atoms with E-state index in [1.54, 1.807) is 7.11 Å². The molecule has 2 heterocycles. The van der Waals surface area contributed by atoms with Crippen LogP contribution in [0, 0.1) is 0 Å². The Balaban J connectivity index is 2.05. The molecule has 1 fully saturated rings. The molecule has 2 rings (SSSR count). The Morgan fingerprint density at radius 3 is 3.21 bits per heavy atom. The molecule has 1 aromatic heterocycles. The molecule has 1 saturated heterocycles. The standard InChI is InChI=1S/C9H14N2O2S/c1-12-8-5-7(14-11-8)9(10)6-3-2-4-13-6/h5-6,9H,2-4,10H2,1H3. The number of nitrogens with two attached hydrogens (primary N) is 1. The molecule has 0 aromatic carbocycles. The number of methoxy groups -OCH3 is 1. The predicted octanol–water partition coefficient (Wildman–Crippen LogP) is 1.33. The summed E-state index contributed by atoms with van der Waals surface area (Å²) in [4.78, 5) is 1.04. The Hall–Kier alpha value is -0.650. The first-order valence-electron chi connectivity index (χ1n) is 4.69. The van der Waals surface area contributed by atoms with Crippen LogP contribution in [-0.2, 0) is 4.74 Å². The number of aromatic nitrogens is 1. The normalized spacial score (nSPS) is 23.7. The van der Waals surface area contributed by atoms with Crippen molar-refractivity contribution in [1.29, 1.82) is 0 Å². The summed E-state index contributed by atoms with van der Waals surface area (Å²) in [5, 5.41) is 0. The summed E-state index contributed by atoms with van der Waals surface area (Å²) in [6.07, 6.45) is 2.30. The highest BCUT2D eigenvalue weighted by atomic mass is 32.1. The van der Waals surface area contributed by atoms with Gasteiger partial charge in [-0.3, -0.25) is 0 Å². The highest BCUT2D eigenvalue weighted by Gasteiger charge is 2.25. The van der Waals surface area contributed by atoms with Crippen molar-refractivity contribution < 1.29 is 9.47 Å². The molecule has 4 nitrogen and oxygen atoms in total. The second-order valence-electron chi connectivity index (χ2n) is 3.35. The Morgan fingerprint density at radius 2 is 2.64 bits per heavy atom. The van der Waals surface area contributed by atoms with E-state index in [-0.39, 0.29) is 12.1 Å². The Morgan fingerprint density at radius 1 is 1.79 bits per heavy atom. The van der Waals surface area contributed by atoms with Crippen molar-refractivity contribution in [2.24, 2.45) is 5.73 Å². The fraction of sp³-hybridized carbons (Fsp3) is 0.667. The molecule has 1 aliphatic heterocycles. The molecule has 5 heteroatoms. The zero-order chi connectivity index (χ0) is 9.97. The van der Waals surface area contributed by atoms with Gasteiger partial charge in [-0.25, -0.2) is 0 Å². The highest BCUT2D eigenvalue weighted by Crippen LogP contribution is 2.29. The van der Waals surface area contributed by atoms with Gasteiger partial charge in [0, 0.05) is 17.6 Å². The van der Waals surface area contributed by atoms with Crippen LogP contribution >= 0.6 is 11.5 Å². The van der Waals surface area contributed by atoms with Crippen molar-refractivity contribution in [3.05, 3.63) is 10.9 Å². The quantitative estimate of drug-likeness (QED) is 0.824. The van der Waals surface area contributed by atoms with Crippen molar-refractivity contribution in [3.63, 3.8) is 0 Å². The maximum Gasteiger partial charge on any atom is 0.225 e. The summed E-state index contributed by atoms with van der Waals surface area (Å²) < 4.78 is 14.6. The molecule has 0 amide bonds.